The zero-order valence-corrected chi connectivity index (χ0v) is 19.0. The molecule has 0 atom stereocenters. The van der Waals surface area contributed by atoms with Crippen molar-refractivity contribution in [1.82, 2.24) is 35.3 Å². The number of fused-ring (bicyclic) bond motifs is 1. The number of rotatable bonds is 8. The lowest BCUT2D eigenvalue weighted by atomic mass is 9.88. The number of pyridine rings is 1. The maximum absolute atomic E-state index is 12.0. The molecular weight excluding hydrogens is 442 g/mol. The lowest BCUT2D eigenvalue weighted by Gasteiger charge is -2.18. The van der Waals surface area contributed by atoms with E-state index in [1.54, 1.807) is 28.9 Å². The highest BCUT2D eigenvalue weighted by molar-refractivity contribution is 5.93. The van der Waals surface area contributed by atoms with Crippen molar-refractivity contribution in [3.8, 4) is 17.4 Å². The van der Waals surface area contributed by atoms with Crippen LogP contribution in [0.1, 0.15) is 48.1 Å². The highest BCUT2D eigenvalue weighted by Gasteiger charge is 2.28. The van der Waals surface area contributed by atoms with Crippen molar-refractivity contribution in [2.45, 2.75) is 39.4 Å². The normalized spacial score (nSPS) is 11.7. The first-order valence-electron chi connectivity index (χ1n) is 10.6. The molecular formula is C22H25N7O5. The van der Waals surface area contributed by atoms with E-state index in [0.717, 1.165) is 5.56 Å². The molecule has 0 aliphatic carbocycles. The van der Waals surface area contributed by atoms with Crippen LogP contribution in [0.3, 0.4) is 0 Å². The van der Waals surface area contributed by atoms with Crippen LogP contribution in [0.15, 0.2) is 35.1 Å². The molecule has 12 heteroatoms. The molecule has 0 bridgehead atoms. The number of hydrogen-bond donors (Lipinski definition) is 3. The van der Waals surface area contributed by atoms with Gasteiger partial charge >= 0.3 is 0 Å². The summed E-state index contributed by atoms with van der Waals surface area (Å²) in [5, 5.41) is 37.5. The number of aliphatic hydroxyl groups excluding tert-OH is 2. The second kappa shape index (κ2) is 9.53. The molecule has 0 saturated carbocycles. The van der Waals surface area contributed by atoms with Crippen molar-refractivity contribution in [3.63, 3.8) is 0 Å². The second-order valence-corrected chi connectivity index (χ2v) is 8.54. The predicted molar refractivity (Wildman–Crippen MR) is 119 cm³/mol. The van der Waals surface area contributed by atoms with Crippen LogP contribution in [0.4, 0.5) is 0 Å². The van der Waals surface area contributed by atoms with Crippen LogP contribution in [0.2, 0.25) is 0 Å². The summed E-state index contributed by atoms with van der Waals surface area (Å²) in [7, 11) is 0. The van der Waals surface area contributed by atoms with Gasteiger partial charge in [0.2, 0.25) is 11.7 Å². The summed E-state index contributed by atoms with van der Waals surface area (Å²) in [6, 6.07) is 4.91. The van der Waals surface area contributed by atoms with Gasteiger partial charge in [0.05, 0.1) is 29.6 Å². The fourth-order valence-corrected chi connectivity index (χ4v) is 3.39. The molecule has 0 aliphatic heterocycles. The minimum Gasteiger partial charge on any atom is -0.470 e. The van der Waals surface area contributed by atoms with Gasteiger partial charge in [-0.15, -0.1) is 10.2 Å². The third kappa shape index (κ3) is 4.72. The summed E-state index contributed by atoms with van der Waals surface area (Å²) in [6.07, 6.45) is 3.06. The molecule has 3 N–H and O–H groups in total. The van der Waals surface area contributed by atoms with E-state index in [0.29, 0.717) is 39.9 Å². The number of hydrogen-bond acceptors (Lipinski definition) is 10. The molecule has 4 heterocycles. The Morgan fingerprint density at radius 1 is 1.24 bits per heavy atom. The summed E-state index contributed by atoms with van der Waals surface area (Å²) >= 11 is 0. The number of carbonyl (C=O) groups is 1. The quantitative estimate of drug-likeness (QED) is 0.344. The zero-order valence-electron chi connectivity index (χ0n) is 19.0. The van der Waals surface area contributed by atoms with Gasteiger partial charge in [-0.1, -0.05) is 25.9 Å². The Balaban J connectivity index is 1.63. The van der Waals surface area contributed by atoms with E-state index in [9.17, 15) is 9.90 Å². The van der Waals surface area contributed by atoms with E-state index in [1.165, 1.54) is 6.20 Å². The fraction of sp³-hybridized carbons (Fsp3) is 0.364. The van der Waals surface area contributed by atoms with Crippen LogP contribution < -0.4 is 10.1 Å². The van der Waals surface area contributed by atoms with Crippen molar-refractivity contribution in [2.24, 2.45) is 0 Å². The fourth-order valence-electron chi connectivity index (χ4n) is 3.39. The number of aromatic nitrogens is 6. The van der Waals surface area contributed by atoms with Gasteiger partial charge in [-0.2, -0.15) is 5.10 Å². The smallest absolute Gasteiger partial charge is 0.252 e. The average Bonchev–Trinajstić information content (AvgIpc) is 3.45. The molecule has 0 spiro atoms. The lowest BCUT2D eigenvalue weighted by Crippen LogP contribution is -2.26. The molecule has 0 aromatic carbocycles. The molecule has 4 aromatic heterocycles. The Hall–Kier alpha value is -3.90. The van der Waals surface area contributed by atoms with Crippen LogP contribution in [0.25, 0.3) is 17.0 Å². The Labute approximate surface area is 194 Å². The number of ether oxygens (including phenoxy) is 1. The van der Waals surface area contributed by atoms with Gasteiger partial charge in [0.1, 0.15) is 13.2 Å². The maximum Gasteiger partial charge on any atom is 0.252 e. The number of amides is 1. The first kappa shape index (κ1) is 23.3. The third-order valence-electron chi connectivity index (χ3n) is 4.96. The van der Waals surface area contributed by atoms with Crippen molar-refractivity contribution in [3.05, 3.63) is 53.2 Å². The largest absolute Gasteiger partial charge is 0.470 e. The first-order chi connectivity index (χ1) is 16.3. The average molecular weight is 467 g/mol. The summed E-state index contributed by atoms with van der Waals surface area (Å²) < 4.78 is 12.7. The van der Waals surface area contributed by atoms with Crippen LogP contribution >= 0.6 is 0 Å². The second-order valence-electron chi connectivity index (χ2n) is 8.54. The highest BCUT2D eigenvalue weighted by atomic mass is 16.5. The monoisotopic (exact) mass is 467 g/mol. The number of aliphatic hydroxyl groups is 2. The number of nitrogens with one attached hydrogen (secondary N) is 1. The molecule has 0 fully saturated rings. The van der Waals surface area contributed by atoms with Crippen molar-refractivity contribution in [2.75, 3.05) is 13.2 Å². The minimum atomic E-state index is -0.334. The van der Waals surface area contributed by atoms with Crippen molar-refractivity contribution >= 4 is 11.4 Å². The Kier molecular flexibility index (Phi) is 6.52. The number of nitrogens with zero attached hydrogens (tertiary/aromatic N) is 6. The van der Waals surface area contributed by atoms with Crippen LogP contribution in [-0.2, 0) is 18.6 Å². The molecule has 0 saturated heterocycles. The molecule has 12 nitrogen and oxygen atoms in total. The third-order valence-corrected chi connectivity index (χ3v) is 4.96. The first-order valence-corrected chi connectivity index (χ1v) is 10.6. The van der Waals surface area contributed by atoms with Gasteiger partial charge in [-0.3, -0.25) is 9.78 Å². The van der Waals surface area contributed by atoms with Gasteiger partial charge < -0.3 is 24.8 Å². The summed E-state index contributed by atoms with van der Waals surface area (Å²) in [5.41, 5.74) is 2.57. The highest BCUT2D eigenvalue weighted by Crippen LogP contribution is 2.36. The lowest BCUT2D eigenvalue weighted by molar-refractivity contribution is 0.0944. The summed E-state index contributed by atoms with van der Waals surface area (Å²) in [4.78, 5) is 16.3. The van der Waals surface area contributed by atoms with Gasteiger partial charge in [0.25, 0.3) is 5.91 Å². The maximum atomic E-state index is 12.0. The van der Waals surface area contributed by atoms with E-state index >= 15 is 0 Å². The van der Waals surface area contributed by atoms with E-state index in [-0.39, 0.29) is 37.7 Å². The van der Waals surface area contributed by atoms with Gasteiger partial charge in [0.15, 0.2) is 11.5 Å². The van der Waals surface area contributed by atoms with Gasteiger partial charge in [-0.25, -0.2) is 4.52 Å². The molecule has 0 radical (unpaired) electrons. The molecule has 0 unspecified atom stereocenters. The van der Waals surface area contributed by atoms with E-state index < -0.39 is 0 Å². The summed E-state index contributed by atoms with van der Waals surface area (Å²) in [5.74, 6) is 0.723. The SMILES string of the molecule is CC(C)(C)c1c(OCc2ccc(C(=O)NCCO)cn2)nn2c(-c3cc(CO)on3)nncc12. The van der Waals surface area contributed by atoms with Gasteiger partial charge in [0, 0.05) is 24.4 Å². The van der Waals surface area contributed by atoms with Gasteiger partial charge in [-0.05, 0) is 17.5 Å². The topological polar surface area (TPSA) is 161 Å². The summed E-state index contributed by atoms with van der Waals surface area (Å²) in [6.45, 7) is 5.99. The molecule has 178 valence electrons. The van der Waals surface area contributed by atoms with Crippen LogP contribution in [0, 0.1) is 0 Å². The van der Waals surface area contributed by atoms with E-state index in [4.69, 9.17) is 14.4 Å². The molecule has 4 rings (SSSR count). The predicted octanol–water partition coefficient (Wildman–Crippen LogP) is 1.27. The molecule has 4 aromatic rings. The number of carbonyl (C=O) groups excluding carboxylic acids is 1. The van der Waals surface area contributed by atoms with E-state index in [2.05, 4.69) is 30.8 Å². The zero-order chi connectivity index (χ0) is 24.3. The van der Waals surface area contributed by atoms with Crippen molar-refractivity contribution < 1.29 is 24.3 Å². The van der Waals surface area contributed by atoms with Crippen LogP contribution in [-0.4, -0.2) is 59.2 Å². The molecule has 1 amide bonds. The van der Waals surface area contributed by atoms with Crippen molar-refractivity contribution in [1.29, 1.82) is 0 Å². The molecule has 34 heavy (non-hydrogen) atoms. The standard InChI is InChI=1S/C22H25N7O5/c1-22(2,3)18-17-10-25-26-19(16-8-15(11-31)34-28-16)29(17)27-21(18)33-12-14-5-4-13(9-24-14)20(32)23-6-7-30/h4-5,8-10,30-31H,6-7,11-12H2,1-3H3,(H,23,32). The Bertz CT molecular complexity index is 1290. The van der Waals surface area contributed by atoms with E-state index in [1.807, 2.05) is 20.8 Å². The Morgan fingerprint density at radius 3 is 2.71 bits per heavy atom. The van der Waals surface area contributed by atoms with Crippen LogP contribution in [0.5, 0.6) is 5.88 Å². The Morgan fingerprint density at radius 2 is 2.06 bits per heavy atom. The molecule has 0 aliphatic rings. The minimum absolute atomic E-state index is 0.125.